The van der Waals surface area contributed by atoms with Gasteiger partial charge in [0, 0.05) is 25.7 Å². The molecule has 5 amide bonds. The number of carbonyl (C=O) groups is 3. The van der Waals surface area contributed by atoms with Crippen LogP contribution in [0.15, 0.2) is 18.2 Å². The highest BCUT2D eigenvalue weighted by Gasteiger charge is 2.33. The quantitative estimate of drug-likeness (QED) is 0.832. The lowest BCUT2D eigenvalue weighted by Gasteiger charge is -2.20. The second-order valence-corrected chi connectivity index (χ2v) is 5.29. The van der Waals surface area contributed by atoms with Crippen molar-refractivity contribution in [3.63, 3.8) is 0 Å². The first-order chi connectivity index (χ1) is 11.5. The Kier molecular flexibility index (Phi) is 5.42. The summed E-state index contributed by atoms with van der Waals surface area (Å²) in [6, 6.07) is 4.60. The molecule has 0 aliphatic carbocycles. The van der Waals surface area contributed by atoms with Crippen molar-refractivity contribution < 1.29 is 14.4 Å². The lowest BCUT2D eigenvalue weighted by atomic mass is 10.1. The van der Waals surface area contributed by atoms with Crippen molar-refractivity contribution in [2.24, 2.45) is 0 Å². The van der Waals surface area contributed by atoms with E-state index in [9.17, 15) is 14.4 Å². The molecule has 2 rings (SSSR count). The summed E-state index contributed by atoms with van der Waals surface area (Å²) in [7, 11) is 0. The Morgan fingerprint density at radius 2 is 2.04 bits per heavy atom. The summed E-state index contributed by atoms with van der Waals surface area (Å²) in [6.45, 7) is 5.95. The van der Waals surface area contributed by atoms with Gasteiger partial charge in [0.1, 0.15) is 0 Å². The molecule has 1 heterocycles. The second kappa shape index (κ2) is 7.51. The molecule has 0 bridgehead atoms. The van der Waals surface area contributed by atoms with Crippen molar-refractivity contribution >= 4 is 29.3 Å². The maximum Gasteiger partial charge on any atom is 0.331 e. The molecule has 1 aromatic carbocycles. The third kappa shape index (κ3) is 3.66. The lowest BCUT2D eigenvalue weighted by molar-refractivity contribution is -0.125. The molecule has 0 atom stereocenters. The van der Waals surface area contributed by atoms with Crippen molar-refractivity contribution in [1.29, 1.82) is 0 Å². The number of amides is 5. The molecule has 126 valence electrons. The number of nitrogens with zero attached hydrogens (tertiary/aromatic N) is 2. The van der Waals surface area contributed by atoms with E-state index in [4.69, 9.17) is 0 Å². The summed E-state index contributed by atoms with van der Waals surface area (Å²) < 4.78 is 0. The average molecular weight is 328 g/mol. The molecule has 0 saturated carbocycles. The Bertz CT molecular complexity index is 733. The molecule has 2 N–H and O–H groups in total. The standard InChI is InChI=1S/C17H20N4O3/c1-4-5-9-18-16(23)19-14-7-6-8-15(12(14)2)21-11-10-20(13(3)22)17(21)24/h6-8H,9-11H2,1-3H3,(H2,18,19,23). The maximum absolute atomic E-state index is 12.3. The van der Waals surface area contributed by atoms with Gasteiger partial charge in [-0.15, -0.1) is 5.92 Å². The number of hydrogen-bond donors (Lipinski definition) is 2. The minimum absolute atomic E-state index is 0.263. The molecule has 1 fully saturated rings. The molecule has 1 saturated heterocycles. The first-order valence-electron chi connectivity index (χ1n) is 7.59. The number of nitrogens with one attached hydrogen (secondary N) is 2. The summed E-state index contributed by atoms with van der Waals surface area (Å²) in [5, 5.41) is 5.37. The van der Waals surface area contributed by atoms with Crippen LogP contribution in [-0.4, -0.2) is 42.5 Å². The minimum atomic E-state index is -0.365. The number of rotatable bonds is 3. The molecular formula is C17H20N4O3. The summed E-state index contributed by atoms with van der Waals surface area (Å²) >= 11 is 0. The number of carbonyl (C=O) groups excluding carboxylic acids is 3. The van der Waals surface area contributed by atoms with Crippen molar-refractivity contribution in [3.05, 3.63) is 23.8 Å². The Hall–Kier alpha value is -3.01. The molecule has 0 radical (unpaired) electrons. The molecule has 0 spiro atoms. The van der Waals surface area contributed by atoms with Gasteiger partial charge in [-0.25, -0.2) is 9.59 Å². The van der Waals surface area contributed by atoms with Crippen LogP contribution in [0.4, 0.5) is 21.0 Å². The van der Waals surface area contributed by atoms with Gasteiger partial charge >= 0.3 is 12.1 Å². The van der Waals surface area contributed by atoms with Crippen LogP contribution < -0.4 is 15.5 Å². The zero-order chi connectivity index (χ0) is 17.7. The fourth-order valence-corrected chi connectivity index (χ4v) is 2.48. The van der Waals surface area contributed by atoms with Crippen molar-refractivity contribution in [2.45, 2.75) is 20.8 Å². The monoisotopic (exact) mass is 328 g/mol. The zero-order valence-corrected chi connectivity index (χ0v) is 14.0. The maximum atomic E-state index is 12.3. The van der Waals surface area contributed by atoms with Gasteiger partial charge < -0.3 is 10.6 Å². The van der Waals surface area contributed by atoms with Gasteiger partial charge in [-0.2, -0.15) is 0 Å². The van der Waals surface area contributed by atoms with E-state index >= 15 is 0 Å². The van der Waals surface area contributed by atoms with Crippen molar-refractivity contribution in [1.82, 2.24) is 10.2 Å². The first-order valence-corrected chi connectivity index (χ1v) is 7.59. The van der Waals surface area contributed by atoms with E-state index < -0.39 is 0 Å². The zero-order valence-electron chi connectivity index (χ0n) is 14.0. The number of anilines is 2. The van der Waals surface area contributed by atoms with Crippen LogP contribution in [0.1, 0.15) is 19.4 Å². The Morgan fingerprint density at radius 1 is 1.29 bits per heavy atom. The topological polar surface area (TPSA) is 81.8 Å². The van der Waals surface area contributed by atoms with Gasteiger partial charge in [-0.1, -0.05) is 12.0 Å². The predicted octanol–water partition coefficient (Wildman–Crippen LogP) is 1.93. The van der Waals surface area contributed by atoms with Crippen LogP contribution in [0.3, 0.4) is 0 Å². The average Bonchev–Trinajstić information content (AvgIpc) is 2.91. The highest BCUT2D eigenvalue weighted by molar-refractivity contribution is 6.05. The number of urea groups is 2. The Balaban J connectivity index is 2.16. The summed E-state index contributed by atoms with van der Waals surface area (Å²) in [5.74, 6) is 5.17. The molecule has 1 aliphatic heterocycles. The molecular weight excluding hydrogens is 308 g/mol. The second-order valence-electron chi connectivity index (χ2n) is 5.29. The van der Waals surface area contributed by atoms with E-state index in [1.54, 1.807) is 30.0 Å². The van der Waals surface area contributed by atoms with E-state index in [1.165, 1.54) is 11.8 Å². The van der Waals surface area contributed by atoms with Gasteiger partial charge in [-0.3, -0.25) is 14.6 Å². The predicted molar refractivity (Wildman–Crippen MR) is 91.8 cm³/mol. The van der Waals surface area contributed by atoms with Crippen LogP contribution in [-0.2, 0) is 4.79 Å². The van der Waals surface area contributed by atoms with E-state index in [-0.39, 0.29) is 24.5 Å². The van der Waals surface area contributed by atoms with Gasteiger partial charge in [0.15, 0.2) is 0 Å². The third-order valence-corrected chi connectivity index (χ3v) is 3.75. The van der Waals surface area contributed by atoms with Crippen LogP contribution in [0.2, 0.25) is 0 Å². The highest BCUT2D eigenvalue weighted by Crippen LogP contribution is 2.29. The normalized spacial score (nSPS) is 13.4. The molecule has 24 heavy (non-hydrogen) atoms. The highest BCUT2D eigenvalue weighted by atomic mass is 16.2. The molecule has 1 aromatic rings. The fraction of sp³-hybridized carbons (Fsp3) is 0.353. The van der Waals surface area contributed by atoms with Crippen molar-refractivity contribution in [2.75, 3.05) is 29.9 Å². The first kappa shape index (κ1) is 17.3. The largest absolute Gasteiger partial charge is 0.331 e. The van der Waals surface area contributed by atoms with Gasteiger partial charge in [-0.05, 0) is 31.5 Å². The number of imide groups is 1. The summed E-state index contributed by atoms with van der Waals surface area (Å²) in [5.41, 5.74) is 2.03. The van der Waals surface area contributed by atoms with E-state index in [0.717, 1.165) is 5.56 Å². The van der Waals surface area contributed by atoms with E-state index in [0.29, 0.717) is 24.5 Å². The molecule has 7 nitrogen and oxygen atoms in total. The number of hydrogen-bond acceptors (Lipinski definition) is 3. The number of benzene rings is 1. The third-order valence-electron chi connectivity index (χ3n) is 3.75. The molecule has 1 aliphatic rings. The van der Waals surface area contributed by atoms with Crippen LogP contribution in [0, 0.1) is 18.8 Å². The fourth-order valence-electron chi connectivity index (χ4n) is 2.48. The van der Waals surface area contributed by atoms with Gasteiger partial charge in [0.2, 0.25) is 5.91 Å². The Labute approximate surface area is 141 Å². The summed E-state index contributed by atoms with van der Waals surface area (Å²) in [4.78, 5) is 38.4. The molecule has 0 aromatic heterocycles. The van der Waals surface area contributed by atoms with Crippen LogP contribution in [0.25, 0.3) is 0 Å². The van der Waals surface area contributed by atoms with Crippen LogP contribution >= 0.6 is 0 Å². The lowest BCUT2D eigenvalue weighted by Crippen LogP contribution is -2.35. The van der Waals surface area contributed by atoms with Crippen LogP contribution in [0.5, 0.6) is 0 Å². The molecule has 0 unspecified atom stereocenters. The smallest absolute Gasteiger partial charge is 0.327 e. The molecule has 7 heteroatoms. The van der Waals surface area contributed by atoms with Gasteiger partial charge in [0.25, 0.3) is 0 Å². The van der Waals surface area contributed by atoms with E-state index in [2.05, 4.69) is 22.5 Å². The van der Waals surface area contributed by atoms with E-state index in [1.807, 2.05) is 6.92 Å². The SMILES string of the molecule is CC#CCNC(=O)Nc1cccc(N2CCN(C(C)=O)C2=O)c1C. The summed E-state index contributed by atoms with van der Waals surface area (Å²) in [6.07, 6.45) is 0. The van der Waals surface area contributed by atoms with Crippen molar-refractivity contribution in [3.8, 4) is 11.8 Å². The van der Waals surface area contributed by atoms with Gasteiger partial charge in [0.05, 0.1) is 12.2 Å². The Morgan fingerprint density at radius 3 is 2.67 bits per heavy atom. The minimum Gasteiger partial charge on any atom is -0.327 e.